The van der Waals surface area contributed by atoms with Crippen LogP contribution in [0.4, 0.5) is 0 Å². The summed E-state index contributed by atoms with van der Waals surface area (Å²) in [5.41, 5.74) is 1.12. The molecule has 0 radical (unpaired) electrons. The van der Waals surface area contributed by atoms with E-state index >= 15 is 0 Å². The van der Waals surface area contributed by atoms with Gasteiger partial charge in [0.2, 0.25) is 0 Å². The lowest BCUT2D eigenvalue weighted by Gasteiger charge is -2.21. The predicted molar refractivity (Wildman–Crippen MR) is 101 cm³/mol. The molecule has 0 aliphatic rings. The van der Waals surface area contributed by atoms with Crippen molar-refractivity contribution >= 4 is 5.96 Å². The molecule has 0 aliphatic carbocycles. The van der Waals surface area contributed by atoms with Crippen molar-refractivity contribution < 1.29 is 9.47 Å². The largest absolute Gasteiger partial charge is 0.494 e. The van der Waals surface area contributed by atoms with E-state index in [1.807, 2.05) is 32.0 Å². The topological polar surface area (TPSA) is 54.9 Å². The molecule has 136 valence electrons. The standard InChI is InChI=1S/C19H33N3O2/c1-6-23-17(15(3)4)12-13-21-19(20-5)22-14-16-10-8-9-11-18(16)24-7-2/h8-11,15,17H,6-7,12-14H2,1-5H3,(H2,20,21,22). The van der Waals surface area contributed by atoms with Crippen LogP contribution in [-0.2, 0) is 11.3 Å². The molecule has 0 saturated carbocycles. The molecule has 0 fully saturated rings. The Balaban J connectivity index is 2.46. The molecule has 24 heavy (non-hydrogen) atoms. The van der Waals surface area contributed by atoms with Gasteiger partial charge in [0.05, 0.1) is 12.7 Å². The first kappa shape index (κ1) is 20.3. The second-order valence-corrected chi connectivity index (χ2v) is 5.92. The minimum atomic E-state index is 0.277. The summed E-state index contributed by atoms with van der Waals surface area (Å²) in [7, 11) is 1.78. The summed E-state index contributed by atoms with van der Waals surface area (Å²) in [5.74, 6) is 2.22. The minimum Gasteiger partial charge on any atom is -0.494 e. The van der Waals surface area contributed by atoms with Crippen molar-refractivity contribution in [1.29, 1.82) is 0 Å². The summed E-state index contributed by atoms with van der Waals surface area (Å²) in [6, 6.07) is 8.06. The highest BCUT2D eigenvalue weighted by Crippen LogP contribution is 2.17. The third-order valence-corrected chi connectivity index (χ3v) is 3.79. The highest BCUT2D eigenvalue weighted by Gasteiger charge is 2.13. The predicted octanol–water partition coefficient (Wildman–Crippen LogP) is 3.20. The Kier molecular flexibility index (Phi) is 9.92. The number of nitrogens with zero attached hydrogens (tertiary/aromatic N) is 1. The first-order valence-electron chi connectivity index (χ1n) is 8.89. The van der Waals surface area contributed by atoms with Gasteiger partial charge in [0.25, 0.3) is 0 Å². The van der Waals surface area contributed by atoms with E-state index in [1.54, 1.807) is 7.05 Å². The fraction of sp³-hybridized carbons (Fsp3) is 0.632. The molecule has 0 heterocycles. The second kappa shape index (κ2) is 11.7. The Morgan fingerprint density at radius 2 is 1.88 bits per heavy atom. The van der Waals surface area contributed by atoms with Crippen molar-refractivity contribution in [3.05, 3.63) is 29.8 Å². The van der Waals surface area contributed by atoms with Gasteiger partial charge >= 0.3 is 0 Å². The van der Waals surface area contributed by atoms with Gasteiger partial charge in [-0.1, -0.05) is 32.0 Å². The van der Waals surface area contributed by atoms with Crippen LogP contribution in [0.2, 0.25) is 0 Å². The van der Waals surface area contributed by atoms with Crippen LogP contribution in [-0.4, -0.2) is 38.9 Å². The van der Waals surface area contributed by atoms with Crippen molar-refractivity contribution in [3.8, 4) is 5.75 Å². The van der Waals surface area contributed by atoms with E-state index in [0.29, 0.717) is 19.1 Å². The van der Waals surface area contributed by atoms with E-state index < -0.39 is 0 Å². The molecule has 2 N–H and O–H groups in total. The van der Waals surface area contributed by atoms with Crippen molar-refractivity contribution in [3.63, 3.8) is 0 Å². The zero-order valence-corrected chi connectivity index (χ0v) is 15.8. The fourth-order valence-electron chi connectivity index (χ4n) is 2.50. The molecule has 1 atom stereocenters. The average Bonchev–Trinajstić information content (AvgIpc) is 2.58. The molecule has 0 bridgehead atoms. The van der Waals surface area contributed by atoms with Crippen LogP contribution in [0.5, 0.6) is 5.75 Å². The van der Waals surface area contributed by atoms with Gasteiger partial charge in [-0.3, -0.25) is 4.99 Å². The number of rotatable bonds is 10. The lowest BCUT2D eigenvalue weighted by molar-refractivity contribution is 0.0258. The Hall–Kier alpha value is -1.75. The van der Waals surface area contributed by atoms with Gasteiger partial charge in [-0.05, 0) is 32.3 Å². The molecule has 0 amide bonds. The quantitative estimate of drug-likeness (QED) is 0.509. The van der Waals surface area contributed by atoms with Crippen molar-refractivity contribution in [2.75, 3.05) is 26.8 Å². The lowest BCUT2D eigenvalue weighted by atomic mass is 10.0. The summed E-state index contributed by atoms with van der Waals surface area (Å²) >= 11 is 0. The number of benzene rings is 1. The minimum absolute atomic E-state index is 0.277. The van der Waals surface area contributed by atoms with Crippen LogP contribution in [0, 0.1) is 5.92 Å². The first-order valence-corrected chi connectivity index (χ1v) is 8.89. The fourth-order valence-corrected chi connectivity index (χ4v) is 2.50. The maximum atomic E-state index is 5.77. The Morgan fingerprint density at radius 3 is 2.50 bits per heavy atom. The van der Waals surface area contributed by atoms with E-state index in [0.717, 1.165) is 36.8 Å². The molecule has 5 heteroatoms. The van der Waals surface area contributed by atoms with Gasteiger partial charge in [-0.25, -0.2) is 0 Å². The van der Waals surface area contributed by atoms with Gasteiger partial charge in [0, 0.05) is 32.3 Å². The number of ether oxygens (including phenoxy) is 2. The molecule has 1 unspecified atom stereocenters. The zero-order valence-electron chi connectivity index (χ0n) is 15.8. The molecule has 0 aromatic heterocycles. The van der Waals surface area contributed by atoms with E-state index in [-0.39, 0.29) is 6.10 Å². The van der Waals surface area contributed by atoms with Crippen molar-refractivity contribution in [1.82, 2.24) is 10.6 Å². The average molecular weight is 335 g/mol. The molecule has 0 saturated heterocycles. The maximum Gasteiger partial charge on any atom is 0.191 e. The molecule has 0 spiro atoms. The van der Waals surface area contributed by atoms with Crippen LogP contribution in [0.1, 0.15) is 39.7 Å². The molecule has 5 nitrogen and oxygen atoms in total. The number of aliphatic imine (C=N–C) groups is 1. The van der Waals surface area contributed by atoms with Crippen LogP contribution in [0.3, 0.4) is 0 Å². The van der Waals surface area contributed by atoms with Crippen LogP contribution in [0.15, 0.2) is 29.3 Å². The smallest absolute Gasteiger partial charge is 0.191 e. The Morgan fingerprint density at radius 1 is 1.12 bits per heavy atom. The maximum absolute atomic E-state index is 5.77. The van der Waals surface area contributed by atoms with Crippen LogP contribution in [0.25, 0.3) is 0 Å². The molecular formula is C19H33N3O2. The normalized spacial score (nSPS) is 13.0. The third-order valence-electron chi connectivity index (χ3n) is 3.79. The summed E-state index contributed by atoms with van der Waals surface area (Å²) in [5, 5.41) is 6.69. The van der Waals surface area contributed by atoms with Crippen molar-refractivity contribution in [2.24, 2.45) is 10.9 Å². The number of hydrogen-bond acceptors (Lipinski definition) is 3. The Bertz CT molecular complexity index is 489. The van der Waals surface area contributed by atoms with Gasteiger partial charge in [0.1, 0.15) is 5.75 Å². The van der Waals surface area contributed by atoms with E-state index in [1.165, 1.54) is 0 Å². The van der Waals surface area contributed by atoms with E-state index in [4.69, 9.17) is 9.47 Å². The summed E-state index contributed by atoms with van der Waals surface area (Å²) in [6.07, 6.45) is 1.24. The first-order chi connectivity index (χ1) is 11.6. The summed E-state index contributed by atoms with van der Waals surface area (Å²) < 4.78 is 11.4. The lowest BCUT2D eigenvalue weighted by Crippen LogP contribution is -2.39. The number of nitrogens with one attached hydrogen (secondary N) is 2. The van der Waals surface area contributed by atoms with Crippen LogP contribution < -0.4 is 15.4 Å². The van der Waals surface area contributed by atoms with Gasteiger partial charge < -0.3 is 20.1 Å². The monoisotopic (exact) mass is 335 g/mol. The summed E-state index contributed by atoms with van der Waals surface area (Å²) in [6.45, 7) is 11.3. The molecule has 1 aromatic rings. The van der Waals surface area contributed by atoms with E-state index in [9.17, 15) is 0 Å². The molecular weight excluding hydrogens is 302 g/mol. The van der Waals surface area contributed by atoms with Gasteiger partial charge in [-0.15, -0.1) is 0 Å². The molecule has 1 aromatic carbocycles. The molecule has 0 aliphatic heterocycles. The Labute approximate surface area is 146 Å². The zero-order chi connectivity index (χ0) is 17.8. The SMILES string of the molecule is CCOc1ccccc1CNC(=NC)NCCC(OCC)C(C)C. The van der Waals surface area contributed by atoms with Gasteiger partial charge in [-0.2, -0.15) is 0 Å². The summed E-state index contributed by atoms with van der Waals surface area (Å²) in [4.78, 5) is 4.28. The van der Waals surface area contributed by atoms with Gasteiger partial charge in [0.15, 0.2) is 5.96 Å². The number of para-hydroxylation sites is 1. The van der Waals surface area contributed by atoms with E-state index in [2.05, 4.69) is 35.5 Å². The van der Waals surface area contributed by atoms with Crippen LogP contribution >= 0.6 is 0 Å². The number of guanidine groups is 1. The third kappa shape index (κ3) is 7.21. The van der Waals surface area contributed by atoms with Crippen molar-refractivity contribution in [2.45, 2.75) is 46.8 Å². The number of hydrogen-bond donors (Lipinski definition) is 2. The highest BCUT2D eigenvalue weighted by atomic mass is 16.5. The molecule has 1 rings (SSSR count). The second-order valence-electron chi connectivity index (χ2n) is 5.92. The highest BCUT2D eigenvalue weighted by molar-refractivity contribution is 5.79.